The smallest absolute Gasteiger partial charge is 0.261 e. The Morgan fingerprint density at radius 2 is 2.30 bits per heavy atom. The molecule has 0 fully saturated rings. The Bertz CT molecular complexity index is 468. The summed E-state index contributed by atoms with van der Waals surface area (Å²) in [5, 5.41) is 6.81. The van der Waals surface area contributed by atoms with E-state index in [1.54, 1.807) is 6.07 Å². The molecular formula is C14H20Cl2N2O2. The Kier molecular flexibility index (Phi) is 6.59. The van der Waals surface area contributed by atoms with Crippen LogP contribution in [-0.2, 0) is 11.2 Å². The van der Waals surface area contributed by atoms with Crippen molar-refractivity contribution in [1.29, 1.82) is 0 Å². The molecule has 1 heterocycles. The quantitative estimate of drug-likeness (QED) is 0.875. The van der Waals surface area contributed by atoms with Crippen LogP contribution in [0.25, 0.3) is 0 Å². The summed E-state index contributed by atoms with van der Waals surface area (Å²) in [6.45, 7) is 5.57. The molecule has 1 aromatic carbocycles. The fourth-order valence-electron chi connectivity index (χ4n) is 2.15. The molecule has 0 aliphatic carbocycles. The van der Waals surface area contributed by atoms with Crippen molar-refractivity contribution < 1.29 is 9.53 Å². The Morgan fingerprint density at radius 1 is 1.55 bits per heavy atom. The van der Waals surface area contributed by atoms with Gasteiger partial charge in [-0.1, -0.05) is 18.5 Å². The van der Waals surface area contributed by atoms with E-state index in [-0.39, 0.29) is 24.4 Å². The van der Waals surface area contributed by atoms with Crippen molar-refractivity contribution in [2.45, 2.75) is 32.4 Å². The highest BCUT2D eigenvalue weighted by Gasteiger charge is 2.29. The number of carbonyl (C=O) groups is 1. The van der Waals surface area contributed by atoms with E-state index in [0.29, 0.717) is 18.0 Å². The zero-order valence-electron chi connectivity index (χ0n) is 11.6. The number of benzene rings is 1. The lowest BCUT2D eigenvalue weighted by Gasteiger charge is -2.15. The summed E-state index contributed by atoms with van der Waals surface area (Å²) in [6, 6.07) is 5.69. The zero-order chi connectivity index (χ0) is 13.8. The molecule has 0 saturated carbocycles. The molecule has 112 valence electrons. The minimum absolute atomic E-state index is 0. The average Bonchev–Trinajstić information content (AvgIpc) is 2.79. The van der Waals surface area contributed by atoms with E-state index in [9.17, 15) is 4.79 Å². The number of carbonyl (C=O) groups excluding carboxylic acids is 1. The van der Waals surface area contributed by atoms with Crippen molar-refractivity contribution in [3.05, 3.63) is 28.8 Å². The number of rotatable bonds is 5. The number of likely N-dealkylation sites (N-methyl/N-ethyl adjacent to an activating group) is 1. The lowest BCUT2D eigenvalue weighted by Crippen LogP contribution is -2.44. The van der Waals surface area contributed by atoms with Crippen LogP contribution in [0, 0.1) is 0 Å². The summed E-state index contributed by atoms with van der Waals surface area (Å²) in [6.07, 6.45) is 0.138. The van der Waals surface area contributed by atoms with Gasteiger partial charge in [0.05, 0.1) is 0 Å². The normalized spacial score (nSPS) is 17.6. The first-order valence-electron chi connectivity index (χ1n) is 6.56. The largest absolute Gasteiger partial charge is 0.480 e. The highest BCUT2D eigenvalue weighted by molar-refractivity contribution is 6.30. The molecule has 0 saturated heterocycles. The summed E-state index contributed by atoms with van der Waals surface area (Å²) in [5.41, 5.74) is 0.993. The summed E-state index contributed by atoms with van der Waals surface area (Å²) in [7, 11) is 0. The van der Waals surface area contributed by atoms with E-state index in [0.717, 1.165) is 17.9 Å². The van der Waals surface area contributed by atoms with Gasteiger partial charge in [-0.3, -0.25) is 4.79 Å². The van der Waals surface area contributed by atoms with Gasteiger partial charge in [-0.25, -0.2) is 0 Å². The van der Waals surface area contributed by atoms with Gasteiger partial charge in [0, 0.05) is 24.0 Å². The monoisotopic (exact) mass is 318 g/mol. The first kappa shape index (κ1) is 17.1. The molecule has 1 unspecified atom stereocenters. The van der Waals surface area contributed by atoms with Gasteiger partial charge in [0.2, 0.25) is 0 Å². The molecule has 2 atom stereocenters. The molecule has 1 aliphatic rings. The van der Waals surface area contributed by atoms with Crippen molar-refractivity contribution in [2.24, 2.45) is 0 Å². The molecule has 6 heteroatoms. The second-order valence-electron chi connectivity index (χ2n) is 4.77. The van der Waals surface area contributed by atoms with Crippen LogP contribution in [0.15, 0.2) is 18.2 Å². The van der Waals surface area contributed by atoms with Gasteiger partial charge in [0.1, 0.15) is 5.75 Å². The Balaban J connectivity index is 0.00000200. The molecule has 4 nitrogen and oxygen atoms in total. The van der Waals surface area contributed by atoms with Gasteiger partial charge in [0.15, 0.2) is 6.10 Å². The topological polar surface area (TPSA) is 50.4 Å². The van der Waals surface area contributed by atoms with Crippen molar-refractivity contribution in [1.82, 2.24) is 10.6 Å². The predicted molar refractivity (Wildman–Crippen MR) is 83.0 cm³/mol. The number of nitrogens with one attached hydrogen (secondary N) is 2. The fourth-order valence-corrected chi connectivity index (χ4v) is 2.35. The summed E-state index contributed by atoms with van der Waals surface area (Å²) < 4.78 is 5.62. The highest BCUT2D eigenvalue weighted by Crippen LogP contribution is 2.31. The van der Waals surface area contributed by atoms with E-state index < -0.39 is 6.10 Å². The molecule has 0 radical (unpaired) electrons. The fraction of sp³-hybridized carbons (Fsp3) is 0.500. The summed E-state index contributed by atoms with van der Waals surface area (Å²) >= 11 is 5.92. The summed E-state index contributed by atoms with van der Waals surface area (Å²) in [5.74, 6) is 0.682. The first-order valence-corrected chi connectivity index (χ1v) is 6.94. The molecule has 0 spiro atoms. The van der Waals surface area contributed by atoms with Gasteiger partial charge in [-0.15, -0.1) is 12.4 Å². The van der Waals surface area contributed by atoms with Gasteiger partial charge in [0.25, 0.3) is 5.91 Å². The molecule has 20 heavy (non-hydrogen) atoms. The van der Waals surface area contributed by atoms with Crippen molar-refractivity contribution >= 4 is 29.9 Å². The van der Waals surface area contributed by atoms with Crippen molar-refractivity contribution in [3.63, 3.8) is 0 Å². The SMILES string of the molecule is CCN[C@H](C)CNC(=O)C1Cc2cc(Cl)ccc2O1.Cl. The van der Waals surface area contributed by atoms with Gasteiger partial charge in [-0.2, -0.15) is 0 Å². The maximum Gasteiger partial charge on any atom is 0.261 e. The third kappa shape index (κ3) is 4.27. The van der Waals surface area contributed by atoms with Crippen LogP contribution in [0.2, 0.25) is 5.02 Å². The number of amides is 1. The van der Waals surface area contributed by atoms with E-state index in [1.165, 1.54) is 0 Å². The van der Waals surface area contributed by atoms with Gasteiger partial charge in [-0.05, 0) is 37.2 Å². The van der Waals surface area contributed by atoms with E-state index >= 15 is 0 Å². The Labute approximate surface area is 130 Å². The second kappa shape index (κ2) is 7.72. The van der Waals surface area contributed by atoms with Crippen LogP contribution in [0.4, 0.5) is 0 Å². The van der Waals surface area contributed by atoms with E-state index in [1.807, 2.05) is 26.0 Å². The number of hydrogen-bond acceptors (Lipinski definition) is 3. The number of halogens is 2. The standard InChI is InChI=1S/C14H19ClN2O2.ClH/c1-3-16-9(2)8-17-14(18)13-7-10-6-11(15)4-5-12(10)19-13;/h4-6,9,13,16H,3,7-8H2,1-2H3,(H,17,18);1H/t9-,13?;/m1./s1. The molecule has 2 N–H and O–H groups in total. The van der Waals surface area contributed by atoms with Crippen molar-refractivity contribution in [2.75, 3.05) is 13.1 Å². The van der Waals surface area contributed by atoms with Crippen LogP contribution < -0.4 is 15.4 Å². The van der Waals surface area contributed by atoms with Crippen LogP contribution in [0.1, 0.15) is 19.4 Å². The second-order valence-corrected chi connectivity index (χ2v) is 5.20. The highest BCUT2D eigenvalue weighted by atomic mass is 35.5. The van der Waals surface area contributed by atoms with E-state index in [2.05, 4.69) is 10.6 Å². The van der Waals surface area contributed by atoms with E-state index in [4.69, 9.17) is 16.3 Å². The molecule has 2 rings (SSSR count). The molecule has 1 aliphatic heterocycles. The first-order chi connectivity index (χ1) is 9.10. The summed E-state index contributed by atoms with van der Waals surface area (Å²) in [4.78, 5) is 12.0. The van der Waals surface area contributed by atoms with Crippen molar-refractivity contribution in [3.8, 4) is 5.75 Å². The minimum atomic E-state index is -0.442. The van der Waals surface area contributed by atoms with Gasteiger partial charge >= 0.3 is 0 Å². The van der Waals surface area contributed by atoms with Crippen LogP contribution in [0.5, 0.6) is 5.75 Å². The zero-order valence-corrected chi connectivity index (χ0v) is 13.2. The molecule has 0 bridgehead atoms. The number of hydrogen-bond donors (Lipinski definition) is 2. The third-order valence-corrected chi connectivity index (χ3v) is 3.36. The Morgan fingerprint density at radius 3 is 3.00 bits per heavy atom. The Hall–Kier alpha value is -0.970. The lowest BCUT2D eigenvalue weighted by molar-refractivity contribution is -0.127. The average molecular weight is 319 g/mol. The van der Waals surface area contributed by atoms with Gasteiger partial charge < -0.3 is 15.4 Å². The molecule has 0 aromatic heterocycles. The molecular weight excluding hydrogens is 299 g/mol. The predicted octanol–water partition coefficient (Wildman–Crippen LogP) is 2.18. The third-order valence-electron chi connectivity index (χ3n) is 3.12. The lowest BCUT2D eigenvalue weighted by atomic mass is 10.1. The van der Waals surface area contributed by atoms with Crippen LogP contribution in [0.3, 0.4) is 0 Å². The number of fused-ring (bicyclic) bond motifs is 1. The maximum atomic E-state index is 12.0. The molecule has 1 amide bonds. The molecule has 1 aromatic rings. The number of ether oxygens (including phenoxy) is 1. The van der Waals surface area contributed by atoms with Crippen LogP contribution >= 0.6 is 24.0 Å². The minimum Gasteiger partial charge on any atom is -0.480 e. The maximum absolute atomic E-state index is 12.0. The van der Waals surface area contributed by atoms with Crippen LogP contribution in [-0.4, -0.2) is 31.1 Å².